The number of amides is 1. The smallest absolute Gasteiger partial charge is 0.416 e. The number of carbonyl (C=O) groups excluding carboxylic acids is 1. The minimum absolute atomic E-state index is 0.0825. The normalized spacial score (nSPS) is 21.6. The molecule has 3 heterocycles. The molecule has 11 heteroatoms. The van der Waals surface area contributed by atoms with Crippen molar-refractivity contribution in [2.24, 2.45) is 10.7 Å². The van der Waals surface area contributed by atoms with Gasteiger partial charge >= 0.3 is 6.18 Å². The molecule has 8 nitrogen and oxygen atoms in total. The number of morpholine rings is 1. The molecule has 1 amide bonds. The molecule has 1 saturated heterocycles. The molecule has 0 spiro atoms. The Morgan fingerprint density at radius 3 is 2.68 bits per heavy atom. The lowest BCUT2D eigenvalue weighted by molar-refractivity contribution is -0.137. The molecule has 37 heavy (non-hydrogen) atoms. The van der Waals surface area contributed by atoms with Gasteiger partial charge in [-0.25, -0.2) is 4.98 Å². The summed E-state index contributed by atoms with van der Waals surface area (Å²) in [7, 11) is 0. The molecule has 198 valence electrons. The summed E-state index contributed by atoms with van der Waals surface area (Å²) in [6.45, 7) is 6.02. The number of carbonyl (C=O) groups is 1. The Balaban J connectivity index is 1.63. The molecule has 0 bridgehead atoms. The predicted molar refractivity (Wildman–Crippen MR) is 133 cm³/mol. The summed E-state index contributed by atoms with van der Waals surface area (Å²) in [6.07, 6.45) is -1.05. The second-order valence-corrected chi connectivity index (χ2v) is 9.10. The standard InChI is InChI=1S/C26H30F3N5O3/c1-17(14-30)37-23-7-6-20(15-31-23)22-13-25(16-32-18(22)2,34-8-10-36-11-9-34)33-24(35)19-4-3-5-21(12-19)26(27,28)29/h3-7,12,15-17H,8-11,13-14,30H2,1-2H3,(H,33,35)/t17?,25-/m1/s1. The Hall–Kier alpha value is -3.28. The van der Waals surface area contributed by atoms with Crippen LogP contribution in [0.4, 0.5) is 13.2 Å². The first kappa shape index (κ1) is 26.8. The van der Waals surface area contributed by atoms with E-state index in [0.717, 1.165) is 29.0 Å². The summed E-state index contributed by atoms with van der Waals surface area (Å²) in [6, 6.07) is 8.00. The number of halogens is 3. The highest BCUT2D eigenvalue weighted by atomic mass is 19.4. The number of nitrogens with two attached hydrogens (primary N) is 1. The molecule has 0 radical (unpaired) electrons. The van der Waals surface area contributed by atoms with Gasteiger partial charge in [-0.05, 0) is 49.2 Å². The number of nitrogens with one attached hydrogen (secondary N) is 1. The van der Waals surface area contributed by atoms with E-state index in [9.17, 15) is 18.0 Å². The summed E-state index contributed by atoms with van der Waals surface area (Å²) in [5.41, 5.74) is 5.99. The van der Waals surface area contributed by atoms with E-state index in [2.05, 4.69) is 15.3 Å². The van der Waals surface area contributed by atoms with Gasteiger partial charge in [0.2, 0.25) is 5.88 Å². The van der Waals surface area contributed by atoms with Crippen molar-refractivity contribution in [2.75, 3.05) is 32.8 Å². The molecule has 1 unspecified atom stereocenters. The molecule has 2 aromatic rings. The third-order valence-electron chi connectivity index (χ3n) is 6.45. The number of alkyl halides is 3. The van der Waals surface area contributed by atoms with Crippen molar-refractivity contribution < 1.29 is 27.4 Å². The van der Waals surface area contributed by atoms with Crippen LogP contribution in [0.15, 0.2) is 53.3 Å². The highest BCUT2D eigenvalue weighted by molar-refractivity contribution is 5.98. The summed E-state index contributed by atoms with van der Waals surface area (Å²) >= 11 is 0. The number of hydrogen-bond acceptors (Lipinski definition) is 7. The van der Waals surface area contributed by atoms with Crippen molar-refractivity contribution in [3.05, 3.63) is 65.0 Å². The molecule has 3 N–H and O–H groups in total. The molecular weight excluding hydrogens is 487 g/mol. The van der Waals surface area contributed by atoms with E-state index in [1.54, 1.807) is 18.5 Å². The molecule has 1 aromatic carbocycles. The molecule has 0 saturated carbocycles. The molecule has 4 rings (SSSR count). The second-order valence-electron chi connectivity index (χ2n) is 9.10. The summed E-state index contributed by atoms with van der Waals surface area (Å²) in [5.74, 6) is -0.183. The molecule has 2 aliphatic heterocycles. The van der Waals surface area contributed by atoms with Crippen LogP contribution in [-0.2, 0) is 10.9 Å². The quantitative estimate of drug-likeness (QED) is 0.583. The minimum Gasteiger partial charge on any atom is -0.473 e. The fourth-order valence-electron chi connectivity index (χ4n) is 4.34. The first-order valence-corrected chi connectivity index (χ1v) is 12.0. The van der Waals surface area contributed by atoms with Crippen LogP contribution in [0, 0.1) is 0 Å². The van der Waals surface area contributed by atoms with Crippen LogP contribution in [0.25, 0.3) is 5.57 Å². The minimum atomic E-state index is -4.55. The van der Waals surface area contributed by atoms with Gasteiger partial charge < -0.3 is 20.5 Å². The van der Waals surface area contributed by atoms with Gasteiger partial charge in [0.25, 0.3) is 5.91 Å². The monoisotopic (exact) mass is 517 g/mol. The number of hydrogen-bond donors (Lipinski definition) is 2. The fraction of sp³-hybridized carbons (Fsp3) is 0.423. The van der Waals surface area contributed by atoms with E-state index < -0.39 is 23.3 Å². The first-order valence-electron chi connectivity index (χ1n) is 12.0. The first-order chi connectivity index (χ1) is 17.6. The Morgan fingerprint density at radius 1 is 1.27 bits per heavy atom. The van der Waals surface area contributed by atoms with Gasteiger partial charge in [0, 0.05) is 55.8 Å². The molecular formula is C26H30F3N5O3. The highest BCUT2D eigenvalue weighted by Crippen LogP contribution is 2.35. The Morgan fingerprint density at radius 2 is 2.03 bits per heavy atom. The SMILES string of the molecule is CC1=C(c2ccc(OC(C)CN)nc2)C[C@@](NC(=O)c2cccc(C(F)(F)F)c2)(N2CCOCC2)C=N1. The van der Waals surface area contributed by atoms with E-state index in [4.69, 9.17) is 15.2 Å². The van der Waals surface area contributed by atoms with E-state index in [-0.39, 0.29) is 11.7 Å². The van der Waals surface area contributed by atoms with Crippen molar-refractivity contribution in [1.29, 1.82) is 0 Å². The summed E-state index contributed by atoms with van der Waals surface area (Å²) < 4.78 is 50.9. The Bertz CT molecular complexity index is 1180. The van der Waals surface area contributed by atoms with Gasteiger partial charge in [-0.1, -0.05) is 6.07 Å². The number of aliphatic imine (C=N–C) groups is 1. The van der Waals surface area contributed by atoms with Gasteiger partial charge in [0.15, 0.2) is 0 Å². The maximum atomic E-state index is 13.3. The van der Waals surface area contributed by atoms with Crippen molar-refractivity contribution in [3.8, 4) is 5.88 Å². The Kier molecular flexibility index (Phi) is 7.96. The zero-order valence-corrected chi connectivity index (χ0v) is 20.7. The van der Waals surface area contributed by atoms with Gasteiger partial charge in [0.05, 0.1) is 18.8 Å². The number of rotatable bonds is 7. The van der Waals surface area contributed by atoms with Crippen LogP contribution in [0.2, 0.25) is 0 Å². The predicted octanol–water partition coefficient (Wildman–Crippen LogP) is 3.49. The number of aromatic nitrogens is 1. The van der Waals surface area contributed by atoms with E-state index >= 15 is 0 Å². The fourth-order valence-corrected chi connectivity index (χ4v) is 4.34. The van der Waals surface area contributed by atoms with Crippen LogP contribution < -0.4 is 15.8 Å². The van der Waals surface area contributed by atoms with Gasteiger partial charge in [-0.15, -0.1) is 0 Å². The molecule has 1 fully saturated rings. The van der Waals surface area contributed by atoms with Crippen LogP contribution in [0.3, 0.4) is 0 Å². The van der Waals surface area contributed by atoms with E-state index in [1.807, 2.05) is 24.8 Å². The van der Waals surface area contributed by atoms with E-state index in [0.29, 0.717) is 45.1 Å². The van der Waals surface area contributed by atoms with Crippen LogP contribution in [0.1, 0.15) is 41.8 Å². The second kappa shape index (κ2) is 11.0. The maximum absolute atomic E-state index is 13.3. The maximum Gasteiger partial charge on any atom is 0.416 e. The number of benzene rings is 1. The van der Waals surface area contributed by atoms with E-state index in [1.165, 1.54) is 12.1 Å². The van der Waals surface area contributed by atoms with Crippen molar-refractivity contribution >= 4 is 17.7 Å². The van der Waals surface area contributed by atoms with Gasteiger partial charge in [0.1, 0.15) is 11.8 Å². The molecule has 2 aliphatic rings. The lowest BCUT2D eigenvalue weighted by Gasteiger charge is -2.45. The third-order valence-corrected chi connectivity index (χ3v) is 6.45. The van der Waals surface area contributed by atoms with Gasteiger partial charge in [-0.3, -0.25) is 14.7 Å². The number of allylic oxidation sites excluding steroid dienone is 1. The van der Waals surface area contributed by atoms with Crippen LogP contribution in [0.5, 0.6) is 5.88 Å². The van der Waals surface area contributed by atoms with Crippen molar-refractivity contribution in [1.82, 2.24) is 15.2 Å². The summed E-state index contributed by atoms with van der Waals surface area (Å²) in [4.78, 5) is 24.3. The molecule has 0 aliphatic carbocycles. The lowest BCUT2D eigenvalue weighted by atomic mass is 9.90. The zero-order chi connectivity index (χ0) is 26.6. The summed E-state index contributed by atoms with van der Waals surface area (Å²) in [5, 5.41) is 2.98. The number of nitrogens with zero attached hydrogens (tertiary/aromatic N) is 3. The van der Waals surface area contributed by atoms with Gasteiger partial charge in [-0.2, -0.15) is 13.2 Å². The Labute approximate surface area is 213 Å². The average Bonchev–Trinajstić information content (AvgIpc) is 2.90. The third kappa shape index (κ3) is 6.17. The number of pyridine rings is 1. The highest BCUT2D eigenvalue weighted by Gasteiger charge is 2.41. The van der Waals surface area contributed by atoms with Crippen molar-refractivity contribution in [3.63, 3.8) is 0 Å². The topological polar surface area (TPSA) is 102 Å². The molecule has 1 aromatic heterocycles. The lowest BCUT2D eigenvalue weighted by Crippen LogP contribution is -2.65. The zero-order valence-electron chi connectivity index (χ0n) is 20.7. The van der Waals surface area contributed by atoms with Crippen LogP contribution in [-0.4, -0.2) is 66.6 Å². The largest absolute Gasteiger partial charge is 0.473 e. The molecule has 2 atom stereocenters. The van der Waals surface area contributed by atoms with Crippen molar-refractivity contribution in [2.45, 2.75) is 38.2 Å². The number of ether oxygens (including phenoxy) is 2. The van der Waals surface area contributed by atoms with Crippen LogP contribution >= 0.6 is 0 Å². The average molecular weight is 518 g/mol.